The van der Waals surface area contributed by atoms with Crippen LogP contribution in [0.5, 0.6) is 17.2 Å². The van der Waals surface area contributed by atoms with Crippen molar-refractivity contribution in [3.63, 3.8) is 0 Å². The van der Waals surface area contributed by atoms with Gasteiger partial charge in [-0.3, -0.25) is 0 Å². The molecule has 2 aromatic carbocycles. The van der Waals surface area contributed by atoms with E-state index in [2.05, 4.69) is 6.58 Å². The zero-order valence-corrected chi connectivity index (χ0v) is 9.09. The van der Waals surface area contributed by atoms with Crippen LogP contribution in [0.4, 0.5) is 0 Å². The van der Waals surface area contributed by atoms with Crippen molar-refractivity contribution in [3.05, 3.63) is 48.5 Å². The first-order valence-corrected chi connectivity index (χ1v) is 5.09. The Morgan fingerprint density at radius 2 is 1.35 bits per heavy atom. The van der Waals surface area contributed by atoms with Gasteiger partial charge in [0.15, 0.2) is 17.2 Å². The van der Waals surface area contributed by atoms with Gasteiger partial charge < -0.3 is 15.3 Å². The van der Waals surface area contributed by atoms with Crippen LogP contribution in [-0.2, 0) is 0 Å². The molecule has 0 fully saturated rings. The molecule has 0 aromatic heterocycles. The van der Waals surface area contributed by atoms with Gasteiger partial charge in [0.1, 0.15) is 0 Å². The fourth-order valence-corrected chi connectivity index (χ4v) is 1.58. The van der Waals surface area contributed by atoms with E-state index in [-0.39, 0.29) is 11.5 Å². The molecule has 0 atom stereocenters. The molecule has 0 unspecified atom stereocenters. The minimum absolute atomic E-state index is 0.340. The Bertz CT molecular complexity index is 533. The van der Waals surface area contributed by atoms with E-state index >= 15 is 0 Å². The van der Waals surface area contributed by atoms with E-state index in [0.717, 1.165) is 11.1 Å². The first kappa shape index (κ1) is 11.1. The van der Waals surface area contributed by atoms with Crippen molar-refractivity contribution in [1.82, 2.24) is 0 Å². The third kappa shape index (κ3) is 2.08. The maximum atomic E-state index is 9.42. The molecule has 0 aliphatic rings. The zero-order chi connectivity index (χ0) is 12.4. The Balaban J connectivity index is 2.49. The third-order valence-corrected chi connectivity index (χ3v) is 2.55. The summed E-state index contributed by atoms with van der Waals surface area (Å²) >= 11 is 0. The van der Waals surface area contributed by atoms with Gasteiger partial charge >= 0.3 is 0 Å². The molecule has 0 heterocycles. The van der Waals surface area contributed by atoms with Gasteiger partial charge in [-0.15, -0.1) is 0 Å². The number of benzene rings is 2. The summed E-state index contributed by atoms with van der Waals surface area (Å²) in [5.74, 6) is -1.18. The van der Waals surface area contributed by atoms with E-state index in [1.165, 1.54) is 12.1 Å². The molecule has 0 spiro atoms. The lowest BCUT2D eigenvalue weighted by Gasteiger charge is -2.06. The van der Waals surface area contributed by atoms with Crippen molar-refractivity contribution in [2.75, 3.05) is 0 Å². The van der Waals surface area contributed by atoms with E-state index in [0.29, 0.717) is 5.56 Å². The van der Waals surface area contributed by atoms with E-state index in [4.69, 9.17) is 0 Å². The van der Waals surface area contributed by atoms with Crippen molar-refractivity contribution in [2.24, 2.45) is 0 Å². The molecule has 2 aromatic rings. The monoisotopic (exact) mass is 228 g/mol. The largest absolute Gasteiger partial charge is 0.504 e. The molecule has 0 aliphatic carbocycles. The van der Waals surface area contributed by atoms with Gasteiger partial charge in [-0.1, -0.05) is 36.9 Å². The molecular weight excluding hydrogens is 216 g/mol. The van der Waals surface area contributed by atoms with Gasteiger partial charge in [0, 0.05) is 0 Å². The van der Waals surface area contributed by atoms with E-state index in [9.17, 15) is 15.3 Å². The Morgan fingerprint density at radius 1 is 0.824 bits per heavy atom. The standard InChI is InChI=1S/C14H12O3/c1-2-9-3-5-10(6-4-9)11-7-12(15)14(17)13(16)8-11/h2-8,15-17H,1H2. The minimum atomic E-state index is -0.503. The van der Waals surface area contributed by atoms with E-state index in [1.54, 1.807) is 6.08 Å². The van der Waals surface area contributed by atoms with Crippen molar-refractivity contribution >= 4 is 6.08 Å². The first-order valence-electron chi connectivity index (χ1n) is 5.09. The van der Waals surface area contributed by atoms with Crippen LogP contribution >= 0.6 is 0 Å². The van der Waals surface area contributed by atoms with Gasteiger partial charge in [-0.25, -0.2) is 0 Å². The molecule has 0 aliphatic heterocycles. The average Bonchev–Trinajstić information content (AvgIpc) is 2.35. The van der Waals surface area contributed by atoms with Gasteiger partial charge in [0.2, 0.25) is 0 Å². The van der Waals surface area contributed by atoms with Gasteiger partial charge in [0.05, 0.1) is 0 Å². The molecule has 0 saturated carbocycles. The fraction of sp³-hybridized carbons (Fsp3) is 0. The molecule has 0 radical (unpaired) electrons. The van der Waals surface area contributed by atoms with Crippen LogP contribution in [0.15, 0.2) is 43.0 Å². The predicted octanol–water partition coefficient (Wildman–Crippen LogP) is 3.11. The average molecular weight is 228 g/mol. The van der Waals surface area contributed by atoms with Crippen molar-refractivity contribution < 1.29 is 15.3 Å². The van der Waals surface area contributed by atoms with Gasteiger partial charge in [-0.05, 0) is 28.8 Å². The van der Waals surface area contributed by atoms with Crippen molar-refractivity contribution in [1.29, 1.82) is 0 Å². The maximum absolute atomic E-state index is 9.42. The summed E-state index contributed by atoms with van der Waals surface area (Å²) in [5, 5.41) is 28.1. The first-order chi connectivity index (χ1) is 8.11. The van der Waals surface area contributed by atoms with Crippen molar-refractivity contribution in [3.8, 4) is 28.4 Å². The molecule has 3 N–H and O–H groups in total. The molecule has 86 valence electrons. The molecule has 3 heteroatoms. The normalized spacial score (nSPS) is 10.1. The quantitative estimate of drug-likeness (QED) is 0.692. The second-order valence-electron chi connectivity index (χ2n) is 3.69. The molecular formula is C14H12O3. The van der Waals surface area contributed by atoms with Crippen LogP contribution in [0.25, 0.3) is 17.2 Å². The third-order valence-electron chi connectivity index (χ3n) is 2.55. The summed E-state index contributed by atoms with van der Waals surface area (Å²) in [6.45, 7) is 3.66. The summed E-state index contributed by atoms with van der Waals surface area (Å²) in [5.41, 5.74) is 2.45. The highest BCUT2D eigenvalue weighted by atomic mass is 16.3. The Morgan fingerprint density at radius 3 is 1.82 bits per heavy atom. The van der Waals surface area contributed by atoms with Crippen LogP contribution in [0.2, 0.25) is 0 Å². The van der Waals surface area contributed by atoms with E-state index < -0.39 is 5.75 Å². The van der Waals surface area contributed by atoms with Crippen LogP contribution in [0.1, 0.15) is 5.56 Å². The van der Waals surface area contributed by atoms with Crippen molar-refractivity contribution in [2.45, 2.75) is 0 Å². The SMILES string of the molecule is C=Cc1ccc(-c2cc(O)c(O)c(O)c2)cc1. The molecule has 0 saturated heterocycles. The molecule has 17 heavy (non-hydrogen) atoms. The molecule has 2 rings (SSSR count). The highest BCUT2D eigenvalue weighted by Crippen LogP contribution is 2.38. The van der Waals surface area contributed by atoms with Crippen LogP contribution in [0.3, 0.4) is 0 Å². The smallest absolute Gasteiger partial charge is 0.200 e. The lowest BCUT2D eigenvalue weighted by atomic mass is 10.0. The predicted molar refractivity (Wildman–Crippen MR) is 67.0 cm³/mol. The number of aromatic hydroxyl groups is 3. The molecule has 0 amide bonds. The zero-order valence-electron chi connectivity index (χ0n) is 9.09. The topological polar surface area (TPSA) is 60.7 Å². The lowest BCUT2D eigenvalue weighted by molar-refractivity contribution is 0.368. The number of phenolic OH excluding ortho intramolecular Hbond substituents is 3. The minimum Gasteiger partial charge on any atom is -0.504 e. The van der Waals surface area contributed by atoms with Crippen LogP contribution < -0.4 is 0 Å². The Kier molecular flexibility index (Phi) is 2.75. The number of hydrogen-bond acceptors (Lipinski definition) is 3. The van der Waals surface area contributed by atoms with Gasteiger partial charge in [0.25, 0.3) is 0 Å². The number of phenols is 3. The highest BCUT2D eigenvalue weighted by molar-refractivity contribution is 5.71. The summed E-state index contributed by atoms with van der Waals surface area (Å²) in [7, 11) is 0. The second kappa shape index (κ2) is 4.22. The fourth-order valence-electron chi connectivity index (χ4n) is 1.58. The Labute approximate surface area is 98.9 Å². The second-order valence-corrected chi connectivity index (χ2v) is 3.69. The van der Waals surface area contributed by atoms with Gasteiger partial charge in [-0.2, -0.15) is 0 Å². The maximum Gasteiger partial charge on any atom is 0.200 e. The van der Waals surface area contributed by atoms with E-state index in [1.807, 2.05) is 24.3 Å². The summed E-state index contributed by atoms with van der Waals surface area (Å²) in [6, 6.07) is 10.3. The summed E-state index contributed by atoms with van der Waals surface area (Å²) in [4.78, 5) is 0. The highest BCUT2D eigenvalue weighted by Gasteiger charge is 2.09. The lowest BCUT2D eigenvalue weighted by Crippen LogP contribution is -1.80. The molecule has 0 bridgehead atoms. The summed E-state index contributed by atoms with van der Waals surface area (Å²) < 4.78 is 0. The Hall–Kier alpha value is -2.42. The number of rotatable bonds is 2. The molecule has 3 nitrogen and oxygen atoms in total. The summed E-state index contributed by atoms with van der Waals surface area (Å²) in [6.07, 6.45) is 1.73. The van der Waals surface area contributed by atoms with Crippen LogP contribution in [0, 0.1) is 0 Å². The number of hydrogen-bond donors (Lipinski definition) is 3. The van der Waals surface area contributed by atoms with Crippen LogP contribution in [-0.4, -0.2) is 15.3 Å².